The molecule has 0 aliphatic carbocycles. The predicted molar refractivity (Wildman–Crippen MR) is 107 cm³/mol. The van der Waals surface area contributed by atoms with Gasteiger partial charge in [-0.15, -0.1) is 0 Å². The van der Waals surface area contributed by atoms with Crippen LogP contribution in [-0.4, -0.2) is 52.6 Å². The van der Waals surface area contributed by atoms with E-state index in [1.165, 1.54) is 25.3 Å². The number of nitrogens with one attached hydrogen (secondary N) is 1. The largest absolute Gasteiger partial charge is 0.493 e. The molecule has 0 spiro atoms. The second-order valence-electron chi connectivity index (χ2n) is 6.45. The van der Waals surface area contributed by atoms with Crippen LogP contribution in [0.3, 0.4) is 0 Å². The lowest BCUT2D eigenvalue weighted by Gasteiger charge is -2.14. The molecule has 3 N–H and O–H groups in total. The van der Waals surface area contributed by atoms with Crippen molar-refractivity contribution < 1.29 is 38.9 Å². The van der Waals surface area contributed by atoms with Crippen LogP contribution in [-0.2, 0) is 16.2 Å². The molecule has 1 heterocycles. The highest BCUT2D eigenvalue weighted by Crippen LogP contribution is 2.33. The number of amides is 3. The molecule has 1 aliphatic rings. The zero-order valence-corrected chi connectivity index (χ0v) is 16.3. The van der Waals surface area contributed by atoms with Crippen LogP contribution in [0.15, 0.2) is 48.2 Å². The molecule has 3 rings (SSSR count). The molecule has 3 amide bonds. The number of aromatic carboxylic acids is 1. The summed E-state index contributed by atoms with van der Waals surface area (Å²) in [6.07, 6.45) is 1.35. The fraction of sp³-hybridized carbons (Fsp3) is 0.143. The number of imide groups is 1. The van der Waals surface area contributed by atoms with Gasteiger partial charge in [-0.05, 0) is 29.8 Å². The van der Waals surface area contributed by atoms with E-state index in [9.17, 15) is 19.2 Å². The van der Waals surface area contributed by atoms with Crippen molar-refractivity contribution in [3.63, 3.8) is 0 Å². The van der Waals surface area contributed by atoms with Gasteiger partial charge in [0.1, 0.15) is 18.8 Å². The van der Waals surface area contributed by atoms with Gasteiger partial charge >= 0.3 is 18.0 Å². The van der Waals surface area contributed by atoms with E-state index in [2.05, 4.69) is 5.32 Å². The van der Waals surface area contributed by atoms with Crippen molar-refractivity contribution in [2.45, 2.75) is 6.61 Å². The number of benzene rings is 2. The van der Waals surface area contributed by atoms with Gasteiger partial charge in [-0.3, -0.25) is 9.59 Å². The van der Waals surface area contributed by atoms with Gasteiger partial charge in [0, 0.05) is 5.56 Å². The molecule has 0 unspecified atom stereocenters. The second kappa shape index (κ2) is 8.99. The Morgan fingerprint density at radius 2 is 1.87 bits per heavy atom. The first-order valence-corrected chi connectivity index (χ1v) is 8.98. The fourth-order valence-electron chi connectivity index (χ4n) is 2.92. The Morgan fingerprint density at radius 3 is 2.55 bits per heavy atom. The maximum absolute atomic E-state index is 12.4. The summed E-state index contributed by atoms with van der Waals surface area (Å²) in [5.74, 6) is -2.56. The Morgan fingerprint density at radius 1 is 1.13 bits per heavy atom. The van der Waals surface area contributed by atoms with E-state index in [4.69, 9.17) is 19.7 Å². The van der Waals surface area contributed by atoms with Crippen molar-refractivity contribution in [3.05, 3.63) is 64.9 Å². The minimum absolute atomic E-state index is 0.0170. The van der Waals surface area contributed by atoms with Crippen LogP contribution in [0.25, 0.3) is 6.08 Å². The van der Waals surface area contributed by atoms with E-state index in [1.54, 1.807) is 30.3 Å². The summed E-state index contributed by atoms with van der Waals surface area (Å²) in [4.78, 5) is 46.9. The Balaban J connectivity index is 1.89. The van der Waals surface area contributed by atoms with Gasteiger partial charge < -0.3 is 25.0 Å². The quantitative estimate of drug-likeness (QED) is 0.429. The molecule has 1 saturated heterocycles. The summed E-state index contributed by atoms with van der Waals surface area (Å²) >= 11 is 0. The Hall–Kier alpha value is -4.34. The second-order valence-corrected chi connectivity index (χ2v) is 6.45. The lowest BCUT2D eigenvalue weighted by molar-refractivity contribution is -0.140. The fourth-order valence-corrected chi connectivity index (χ4v) is 2.92. The Bertz CT molecular complexity index is 1090. The molecule has 10 heteroatoms. The van der Waals surface area contributed by atoms with E-state index in [0.717, 1.165) is 0 Å². The highest BCUT2D eigenvalue weighted by Gasteiger charge is 2.35. The van der Waals surface area contributed by atoms with Crippen molar-refractivity contribution in [3.8, 4) is 11.5 Å². The van der Waals surface area contributed by atoms with Crippen molar-refractivity contribution in [2.75, 3.05) is 13.7 Å². The number of aliphatic carboxylic acids is 1. The summed E-state index contributed by atoms with van der Waals surface area (Å²) < 4.78 is 11.2. The van der Waals surface area contributed by atoms with E-state index >= 15 is 0 Å². The first-order valence-electron chi connectivity index (χ1n) is 8.98. The van der Waals surface area contributed by atoms with E-state index < -0.39 is 30.4 Å². The Kier molecular flexibility index (Phi) is 6.20. The molecule has 1 fully saturated rings. The number of para-hydroxylation sites is 1. The average Bonchev–Trinajstić information content (AvgIpc) is 2.99. The SMILES string of the molecule is COc1cccc(/C=C2/NC(=O)N(CC(=O)O)C2=O)c1OCc1cccc(C(=O)O)c1. The van der Waals surface area contributed by atoms with Crippen LogP contribution >= 0.6 is 0 Å². The topological polar surface area (TPSA) is 142 Å². The maximum Gasteiger partial charge on any atom is 0.335 e. The van der Waals surface area contributed by atoms with Crippen LogP contribution in [0.2, 0.25) is 0 Å². The van der Waals surface area contributed by atoms with Gasteiger partial charge in [-0.25, -0.2) is 14.5 Å². The summed E-state index contributed by atoms with van der Waals surface area (Å²) in [6, 6.07) is 10.3. The Labute approximate surface area is 176 Å². The molecule has 2 aromatic carbocycles. The molecule has 0 aromatic heterocycles. The number of carbonyl (C=O) groups is 4. The van der Waals surface area contributed by atoms with Crippen LogP contribution in [0.5, 0.6) is 11.5 Å². The first-order chi connectivity index (χ1) is 14.8. The van der Waals surface area contributed by atoms with E-state index in [0.29, 0.717) is 21.8 Å². The number of hydrogen-bond donors (Lipinski definition) is 3. The van der Waals surface area contributed by atoms with Crippen LogP contribution in [0.4, 0.5) is 4.79 Å². The molecular formula is C21H18N2O8. The summed E-state index contributed by atoms with van der Waals surface area (Å²) in [5.41, 5.74) is 0.996. The molecule has 0 bridgehead atoms. The van der Waals surface area contributed by atoms with Crippen molar-refractivity contribution >= 4 is 30.0 Å². The number of carboxylic acids is 2. The molecule has 10 nitrogen and oxygen atoms in total. The third-order valence-corrected chi connectivity index (χ3v) is 4.34. The predicted octanol–water partition coefficient (Wildman–Crippen LogP) is 1.95. The number of hydrogen-bond acceptors (Lipinski definition) is 6. The monoisotopic (exact) mass is 426 g/mol. The van der Waals surface area contributed by atoms with Crippen molar-refractivity contribution in [2.24, 2.45) is 0 Å². The van der Waals surface area contributed by atoms with E-state index in [1.807, 2.05) is 0 Å². The van der Waals surface area contributed by atoms with Gasteiger partial charge in [0.05, 0.1) is 12.7 Å². The third kappa shape index (κ3) is 4.81. The number of methoxy groups -OCH3 is 1. The highest BCUT2D eigenvalue weighted by atomic mass is 16.5. The summed E-state index contributed by atoms with van der Waals surface area (Å²) in [5, 5.41) is 20.3. The average molecular weight is 426 g/mol. The highest BCUT2D eigenvalue weighted by molar-refractivity contribution is 6.15. The number of nitrogens with zero attached hydrogens (tertiary/aromatic N) is 1. The molecule has 0 radical (unpaired) electrons. The standard InChI is InChI=1S/C21H18N2O8/c1-30-16-7-3-5-13(9-15-19(26)23(10-17(24)25)21(29)22-15)18(16)31-11-12-4-2-6-14(8-12)20(27)28/h2-9H,10-11H2,1H3,(H,22,29)(H,24,25)(H,27,28)/b15-9+. The van der Waals surface area contributed by atoms with Gasteiger partial charge in [-0.1, -0.05) is 24.3 Å². The van der Waals surface area contributed by atoms with E-state index in [-0.39, 0.29) is 23.6 Å². The van der Waals surface area contributed by atoms with Gasteiger partial charge in [0.2, 0.25) is 0 Å². The third-order valence-electron chi connectivity index (χ3n) is 4.34. The zero-order valence-electron chi connectivity index (χ0n) is 16.3. The van der Waals surface area contributed by atoms with Gasteiger partial charge in [0.25, 0.3) is 5.91 Å². The normalized spacial score (nSPS) is 14.5. The maximum atomic E-state index is 12.4. The molecule has 31 heavy (non-hydrogen) atoms. The molecule has 1 aliphatic heterocycles. The summed E-state index contributed by atoms with van der Waals surface area (Å²) in [7, 11) is 1.43. The first kappa shape index (κ1) is 21.4. The molecule has 0 atom stereocenters. The van der Waals surface area contributed by atoms with Crippen LogP contribution in [0, 0.1) is 0 Å². The van der Waals surface area contributed by atoms with Gasteiger partial charge in [0.15, 0.2) is 11.5 Å². The smallest absolute Gasteiger partial charge is 0.335 e. The zero-order chi connectivity index (χ0) is 22.5. The van der Waals surface area contributed by atoms with Crippen molar-refractivity contribution in [1.82, 2.24) is 10.2 Å². The number of carbonyl (C=O) groups excluding carboxylic acids is 2. The molecule has 2 aromatic rings. The molecule has 0 saturated carbocycles. The van der Waals surface area contributed by atoms with Crippen molar-refractivity contribution in [1.29, 1.82) is 0 Å². The minimum Gasteiger partial charge on any atom is -0.493 e. The number of rotatable bonds is 8. The van der Waals surface area contributed by atoms with Crippen LogP contribution < -0.4 is 14.8 Å². The number of urea groups is 1. The van der Waals surface area contributed by atoms with Crippen LogP contribution in [0.1, 0.15) is 21.5 Å². The lowest BCUT2D eigenvalue weighted by Crippen LogP contribution is -2.35. The molecular weight excluding hydrogens is 408 g/mol. The number of carboxylic acid groups (broad SMARTS) is 2. The molecule has 160 valence electrons. The van der Waals surface area contributed by atoms with Gasteiger partial charge in [-0.2, -0.15) is 0 Å². The lowest BCUT2D eigenvalue weighted by atomic mass is 10.1. The number of ether oxygens (including phenoxy) is 2. The minimum atomic E-state index is -1.32. The summed E-state index contributed by atoms with van der Waals surface area (Å²) in [6.45, 7) is -0.744.